The molecule has 100 valence electrons. The third kappa shape index (κ3) is 1.53. The highest BCUT2D eigenvalue weighted by Gasteiger charge is 2.31. The molecule has 1 amide bonds. The van der Waals surface area contributed by atoms with Gasteiger partial charge in [0, 0.05) is 7.05 Å². The van der Waals surface area contributed by atoms with Crippen LogP contribution in [0.2, 0.25) is 0 Å². The number of amides is 1. The molecular weight excluding hydrogens is 270 g/mol. The first-order valence-corrected chi connectivity index (χ1v) is 6.38. The fraction of sp³-hybridized carbons (Fsp3) is 0.417. The van der Waals surface area contributed by atoms with Gasteiger partial charge in [0.15, 0.2) is 0 Å². The van der Waals surface area contributed by atoms with E-state index in [1.807, 2.05) is 6.08 Å². The van der Waals surface area contributed by atoms with Crippen molar-refractivity contribution in [2.45, 2.75) is 24.9 Å². The average Bonchev–Trinajstić information content (AvgIpc) is 2.63. The minimum Gasteiger partial charge on any atom is -0.314 e. The molecule has 3 rings (SSSR count). The number of imidazole rings is 1. The molecule has 0 N–H and O–H groups in total. The van der Waals surface area contributed by atoms with Gasteiger partial charge in [-0.2, -0.15) is 0 Å². The number of carbonyl (C=O) groups is 2. The van der Waals surface area contributed by atoms with Crippen LogP contribution in [0.5, 0.6) is 0 Å². The van der Waals surface area contributed by atoms with Crippen LogP contribution in [0.25, 0.3) is 11.8 Å². The van der Waals surface area contributed by atoms with Crippen LogP contribution < -0.4 is 16.4 Å². The third-order valence-corrected chi connectivity index (χ3v) is 3.99. The van der Waals surface area contributed by atoms with Crippen molar-refractivity contribution >= 4 is 35.6 Å². The fourth-order valence-corrected chi connectivity index (χ4v) is 3.04. The van der Waals surface area contributed by atoms with Gasteiger partial charge < -0.3 is 9.69 Å². The van der Waals surface area contributed by atoms with Gasteiger partial charge in [-0.25, -0.2) is 4.79 Å². The maximum Gasteiger partial charge on any atom is 0.330 e. The summed E-state index contributed by atoms with van der Waals surface area (Å²) < 4.78 is 2.79. The van der Waals surface area contributed by atoms with Crippen molar-refractivity contribution in [3.8, 4) is 0 Å². The van der Waals surface area contributed by atoms with Crippen molar-refractivity contribution in [2.75, 3.05) is 7.05 Å². The number of halogens is 1. The fourth-order valence-electron chi connectivity index (χ4n) is 2.70. The molecule has 6 nitrogen and oxygen atoms in total. The zero-order valence-corrected chi connectivity index (χ0v) is 11.1. The number of likely N-dealkylation sites (N-methyl/N-ethyl adjacent to an activating group) is 1. The zero-order valence-electron chi connectivity index (χ0n) is 10.3. The number of nitrogens with zero attached hydrogens (tertiary/aromatic N) is 3. The molecule has 1 atom stereocenters. The third-order valence-electron chi connectivity index (χ3n) is 3.61. The quantitative estimate of drug-likeness (QED) is 0.476. The van der Waals surface area contributed by atoms with Gasteiger partial charge >= 0.3 is 5.69 Å². The van der Waals surface area contributed by atoms with E-state index in [9.17, 15) is 14.4 Å². The molecule has 0 radical (unpaired) electrons. The molecule has 2 aliphatic rings. The summed E-state index contributed by atoms with van der Waals surface area (Å²) in [5.74, 6) is -0.174. The van der Waals surface area contributed by atoms with Crippen molar-refractivity contribution in [3.05, 3.63) is 21.2 Å². The van der Waals surface area contributed by atoms with Crippen LogP contribution in [0.3, 0.4) is 0 Å². The van der Waals surface area contributed by atoms with E-state index >= 15 is 0 Å². The minimum absolute atomic E-state index is 0.00945. The first kappa shape index (κ1) is 12.2. The van der Waals surface area contributed by atoms with Crippen LogP contribution in [-0.2, 0) is 22.7 Å². The van der Waals surface area contributed by atoms with Crippen molar-refractivity contribution in [1.29, 1.82) is 0 Å². The van der Waals surface area contributed by atoms with Crippen LogP contribution >= 0.6 is 11.6 Å². The van der Waals surface area contributed by atoms with Crippen molar-refractivity contribution in [1.82, 2.24) is 14.0 Å². The molecule has 1 aromatic rings. The highest BCUT2D eigenvalue weighted by atomic mass is 35.5. The number of aldehydes is 1. The van der Waals surface area contributed by atoms with Gasteiger partial charge in [0.2, 0.25) is 5.91 Å². The lowest BCUT2D eigenvalue weighted by molar-refractivity contribution is -0.128. The summed E-state index contributed by atoms with van der Waals surface area (Å²) in [6, 6.07) is 0. The Balaban J connectivity index is 2.48. The van der Waals surface area contributed by atoms with E-state index in [2.05, 4.69) is 0 Å². The molecule has 1 aliphatic heterocycles. The maximum atomic E-state index is 12.2. The second kappa shape index (κ2) is 4.09. The Kier molecular flexibility index (Phi) is 2.63. The smallest absolute Gasteiger partial charge is 0.314 e. The van der Waals surface area contributed by atoms with Gasteiger partial charge in [-0.15, -0.1) is 11.6 Å². The Morgan fingerprint density at radius 3 is 2.89 bits per heavy atom. The molecule has 19 heavy (non-hydrogen) atoms. The molecule has 7 heteroatoms. The molecule has 0 saturated carbocycles. The molecule has 1 aromatic heterocycles. The van der Waals surface area contributed by atoms with Gasteiger partial charge in [0.05, 0.1) is 28.3 Å². The van der Waals surface area contributed by atoms with Gasteiger partial charge in [-0.1, -0.05) is 6.08 Å². The van der Waals surface area contributed by atoms with Gasteiger partial charge in [-0.3, -0.25) is 13.9 Å². The predicted octanol–water partition coefficient (Wildman–Crippen LogP) is -1.78. The monoisotopic (exact) mass is 281 g/mol. The number of hydrogen-bond donors (Lipinski definition) is 0. The first-order chi connectivity index (χ1) is 9.06. The zero-order chi connectivity index (χ0) is 13.7. The lowest BCUT2D eigenvalue weighted by Gasteiger charge is -2.29. The summed E-state index contributed by atoms with van der Waals surface area (Å²) >= 11 is 6.26. The van der Waals surface area contributed by atoms with E-state index in [4.69, 9.17) is 11.6 Å². The molecule has 0 aromatic carbocycles. The highest BCUT2D eigenvalue weighted by molar-refractivity contribution is 6.26. The molecule has 2 heterocycles. The van der Waals surface area contributed by atoms with E-state index in [0.29, 0.717) is 29.1 Å². The lowest BCUT2D eigenvalue weighted by Crippen LogP contribution is -2.51. The molecular formula is C12H12ClN3O3. The number of aromatic nitrogens is 2. The largest absolute Gasteiger partial charge is 0.330 e. The van der Waals surface area contributed by atoms with Crippen molar-refractivity contribution in [2.24, 2.45) is 0 Å². The van der Waals surface area contributed by atoms with Crippen LogP contribution in [-0.4, -0.2) is 38.7 Å². The maximum absolute atomic E-state index is 12.2. The molecule has 0 spiro atoms. The Morgan fingerprint density at radius 2 is 2.21 bits per heavy atom. The minimum atomic E-state index is -0.335. The van der Waals surface area contributed by atoms with Gasteiger partial charge in [0.25, 0.3) is 0 Å². The summed E-state index contributed by atoms with van der Waals surface area (Å²) in [4.78, 5) is 36.4. The number of rotatable bonds is 2. The van der Waals surface area contributed by atoms with E-state index in [0.717, 1.165) is 0 Å². The number of carbonyl (C=O) groups excluding carboxylic acids is 2. The van der Waals surface area contributed by atoms with Crippen molar-refractivity contribution < 1.29 is 9.59 Å². The number of alkyl halides is 1. The molecule has 0 bridgehead atoms. The second-order valence-corrected chi connectivity index (χ2v) is 5.15. The van der Waals surface area contributed by atoms with Gasteiger partial charge in [-0.05, 0) is 6.42 Å². The SMILES string of the molecule is CN1C(=O)Cn2c3c(n(CC=O)c2=O)=CCC(Cl)C=31. The number of hydrogen-bond acceptors (Lipinski definition) is 3. The Bertz CT molecular complexity index is 758. The first-order valence-electron chi connectivity index (χ1n) is 5.94. The van der Waals surface area contributed by atoms with E-state index in [1.54, 1.807) is 7.05 Å². The van der Waals surface area contributed by atoms with Crippen LogP contribution in [0, 0.1) is 0 Å². The summed E-state index contributed by atoms with van der Waals surface area (Å²) in [5, 5.41) is 1.02. The average molecular weight is 282 g/mol. The molecule has 0 fully saturated rings. The Labute approximate surface area is 113 Å². The van der Waals surface area contributed by atoms with Crippen molar-refractivity contribution in [3.63, 3.8) is 0 Å². The lowest BCUT2D eigenvalue weighted by atomic mass is 10.1. The topological polar surface area (TPSA) is 64.3 Å². The van der Waals surface area contributed by atoms with E-state index < -0.39 is 0 Å². The summed E-state index contributed by atoms with van der Waals surface area (Å²) in [6.07, 6.45) is 3.06. The summed E-state index contributed by atoms with van der Waals surface area (Å²) in [6.45, 7) is -0.0206. The second-order valence-electron chi connectivity index (χ2n) is 4.63. The summed E-state index contributed by atoms with van der Waals surface area (Å²) in [7, 11) is 1.66. The Hall–Kier alpha value is -1.82. The van der Waals surface area contributed by atoms with Crippen LogP contribution in [0.4, 0.5) is 0 Å². The highest BCUT2D eigenvalue weighted by Crippen LogP contribution is 2.21. The molecule has 1 unspecified atom stereocenters. The van der Waals surface area contributed by atoms with Gasteiger partial charge in [0.1, 0.15) is 12.8 Å². The normalized spacial score (nSPS) is 21.2. The van der Waals surface area contributed by atoms with Crippen LogP contribution in [0.15, 0.2) is 4.79 Å². The van der Waals surface area contributed by atoms with E-state index in [1.165, 1.54) is 14.0 Å². The predicted molar refractivity (Wildman–Crippen MR) is 68.9 cm³/mol. The molecule has 1 aliphatic carbocycles. The van der Waals surface area contributed by atoms with Crippen LogP contribution in [0.1, 0.15) is 6.42 Å². The standard InChI is InChI=1S/C12H12ClN3O3/c1-14-9(18)6-16-11-8(3-2-7(13)10(11)14)15(4-5-17)12(16)19/h3,5,7H,2,4,6H2,1H3. The van der Waals surface area contributed by atoms with E-state index in [-0.39, 0.29) is 30.1 Å². The Morgan fingerprint density at radius 1 is 1.47 bits per heavy atom. The molecule has 0 saturated heterocycles. The summed E-state index contributed by atoms with van der Waals surface area (Å²) in [5.41, 5.74) is 0.315.